The van der Waals surface area contributed by atoms with Gasteiger partial charge in [0.05, 0.1) is 24.5 Å². The lowest BCUT2D eigenvalue weighted by molar-refractivity contribution is -0.119. The molecule has 0 radical (unpaired) electrons. The standard InChI is InChI=1S/C17H16FN3O4/c1-11(22)19-9-14-10-21(17(24)25-14)12-2-3-16(15(18)8-12)20-6-4-13(23)5-7-20/h2-8,14H,9-10H2,1H3,(H,19,22). The zero-order valence-corrected chi connectivity index (χ0v) is 13.4. The number of amides is 2. The van der Waals surface area contributed by atoms with Crippen LogP contribution in [-0.4, -0.2) is 35.8 Å². The van der Waals surface area contributed by atoms with E-state index in [9.17, 15) is 18.8 Å². The summed E-state index contributed by atoms with van der Waals surface area (Å²) in [5.41, 5.74) is 0.446. The number of pyridine rings is 1. The average Bonchev–Trinajstić information content (AvgIpc) is 2.95. The van der Waals surface area contributed by atoms with Gasteiger partial charge < -0.3 is 14.6 Å². The van der Waals surface area contributed by atoms with Crippen molar-refractivity contribution in [2.24, 2.45) is 0 Å². The van der Waals surface area contributed by atoms with E-state index in [2.05, 4.69) is 5.32 Å². The number of nitrogens with zero attached hydrogens (tertiary/aromatic N) is 2. The fraction of sp³-hybridized carbons (Fsp3) is 0.235. The molecule has 1 atom stereocenters. The Morgan fingerprint density at radius 1 is 1.28 bits per heavy atom. The van der Waals surface area contributed by atoms with E-state index >= 15 is 0 Å². The number of carbonyl (C=O) groups is 2. The molecule has 25 heavy (non-hydrogen) atoms. The minimum absolute atomic E-state index is 0.168. The minimum Gasteiger partial charge on any atom is -0.442 e. The zero-order valence-electron chi connectivity index (χ0n) is 13.4. The Hall–Kier alpha value is -3.16. The lowest BCUT2D eigenvalue weighted by atomic mass is 10.2. The van der Waals surface area contributed by atoms with Crippen LogP contribution in [0.4, 0.5) is 14.9 Å². The molecule has 2 aromatic rings. The fourth-order valence-corrected chi connectivity index (χ4v) is 2.54. The molecule has 1 aliphatic heterocycles. The molecule has 1 N–H and O–H groups in total. The molecule has 0 saturated carbocycles. The Morgan fingerprint density at radius 3 is 2.64 bits per heavy atom. The number of benzene rings is 1. The van der Waals surface area contributed by atoms with E-state index in [-0.39, 0.29) is 30.1 Å². The summed E-state index contributed by atoms with van der Waals surface area (Å²) in [6.45, 7) is 1.80. The Morgan fingerprint density at radius 2 is 2.00 bits per heavy atom. The molecule has 1 saturated heterocycles. The van der Waals surface area contributed by atoms with Gasteiger partial charge in [-0.3, -0.25) is 14.5 Å². The molecule has 1 aromatic carbocycles. The molecule has 1 fully saturated rings. The van der Waals surface area contributed by atoms with Crippen LogP contribution in [0.1, 0.15) is 6.92 Å². The van der Waals surface area contributed by atoms with Crippen molar-refractivity contribution in [2.45, 2.75) is 13.0 Å². The molecule has 0 bridgehead atoms. The molecule has 2 heterocycles. The monoisotopic (exact) mass is 345 g/mol. The number of hydrogen-bond acceptors (Lipinski definition) is 4. The van der Waals surface area contributed by atoms with E-state index in [1.54, 1.807) is 6.07 Å². The van der Waals surface area contributed by atoms with E-state index in [1.165, 1.54) is 53.0 Å². The first-order valence-electron chi connectivity index (χ1n) is 7.65. The van der Waals surface area contributed by atoms with E-state index in [4.69, 9.17) is 4.74 Å². The highest BCUT2D eigenvalue weighted by molar-refractivity contribution is 5.90. The number of halogens is 1. The number of aromatic nitrogens is 1. The molecule has 8 heteroatoms. The summed E-state index contributed by atoms with van der Waals surface area (Å²) in [6.07, 6.45) is 1.85. The molecule has 1 unspecified atom stereocenters. The molecule has 7 nitrogen and oxygen atoms in total. The first-order valence-corrected chi connectivity index (χ1v) is 7.65. The van der Waals surface area contributed by atoms with Gasteiger partial charge in [-0.2, -0.15) is 0 Å². The largest absolute Gasteiger partial charge is 0.442 e. The maximum absolute atomic E-state index is 14.4. The van der Waals surface area contributed by atoms with Crippen LogP contribution in [0.15, 0.2) is 47.5 Å². The van der Waals surface area contributed by atoms with Crippen molar-refractivity contribution in [3.63, 3.8) is 0 Å². The van der Waals surface area contributed by atoms with Crippen molar-refractivity contribution in [1.82, 2.24) is 9.88 Å². The van der Waals surface area contributed by atoms with Gasteiger partial charge in [0.1, 0.15) is 11.9 Å². The second-order valence-electron chi connectivity index (χ2n) is 5.63. The van der Waals surface area contributed by atoms with Crippen LogP contribution in [0.5, 0.6) is 0 Å². The van der Waals surface area contributed by atoms with E-state index in [0.29, 0.717) is 5.69 Å². The van der Waals surface area contributed by atoms with Crippen LogP contribution in [0.3, 0.4) is 0 Å². The third-order valence-electron chi connectivity index (χ3n) is 3.77. The quantitative estimate of drug-likeness (QED) is 0.909. The first-order chi connectivity index (χ1) is 11.9. The third kappa shape index (κ3) is 3.68. The Balaban J connectivity index is 1.78. The van der Waals surface area contributed by atoms with Crippen LogP contribution < -0.4 is 15.6 Å². The van der Waals surface area contributed by atoms with Gasteiger partial charge >= 0.3 is 6.09 Å². The van der Waals surface area contributed by atoms with E-state index < -0.39 is 18.0 Å². The number of rotatable bonds is 4. The maximum atomic E-state index is 14.4. The fourth-order valence-electron chi connectivity index (χ4n) is 2.54. The molecular weight excluding hydrogens is 329 g/mol. The number of anilines is 1. The average molecular weight is 345 g/mol. The molecular formula is C17H16FN3O4. The van der Waals surface area contributed by atoms with E-state index in [0.717, 1.165) is 0 Å². The van der Waals surface area contributed by atoms with Gasteiger partial charge in [0.15, 0.2) is 5.43 Å². The lowest BCUT2D eigenvalue weighted by Gasteiger charge is -2.15. The van der Waals surface area contributed by atoms with Crippen molar-refractivity contribution < 1.29 is 18.7 Å². The van der Waals surface area contributed by atoms with Crippen molar-refractivity contribution in [3.8, 4) is 5.69 Å². The van der Waals surface area contributed by atoms with Gasteiger partial charge in [-0.15, -0.1) is 0 Å². The van der Waals surface area contributed by atoms with E-state index in [1.807, 2.05) is 0 Å². The lowest BCUT2D eigenvalue weighted by Crippen LogP contribution is -2.33. The van der Waals surface area contributed by atoms with Gasteiger partial charge in [0, 0.05) is 31.5 Å². The third-order valence-corrected chi connectivity index (χ3v) is 3.77. The highest BCUT2D eigenvalue weighted by Gasteiger charge is 2.32. The molecule has 130 valence electrons. The second-order valence-corrected chi connectivity index (χ2v) is 5.63. The SMILES string of the molecule is CC(=O)NCC1CN(c2ccc(-n3ccc(=O)cc3)c(F)c2)C(=O)O1. The van der Waals surface area contributed by atoms with Gasteiger partial charge in [0.2, 0.25) is 5.91 Å². The van der Waals surface area contributed by atoms with Crippen molar-refractivity contribution in [2.75, 3.05) is 18.0 Å². The molecule has 2 amide bonds. The van der Waals surface area contributed by atoms with Crippen LogP contribution >= 0.6 is 0 Å². The van der Waals surface area contributed by atoms with Crippen LogP contribution in [0.25, 0.3) is 5.69 Å². The zero-order chi connectivity index (χ0) is 18.0. The molecule has 1 aliphatic rings. The van der Waals surface area contributed by atoms with Crippen LogP contribution in [0.2, 0.25) is 0 Å². The summed E-state index contributed by atoms with van der Waals surface area (Å²) >= 11 is 0. The molecule has 0 aliphatic carbocycles. The Labute approximate surface area is 142 Å². The normalized spacial score (nSPS) is 16.6. The number of carbonyl (C=O) groups excluding carboxylic acids is 2. The summed E-state index contributed by atoms with van der Waals surface area (Å²) in [5, 5.41) is 2.58. The molecule has 3 rings (SSSR count). The second kappa shape index (κ2) is 6.76. The van der Waals surface area contributed by atoms with Crippen molar-refractivity contribution in [3.05, 3.63) is 58.8 Å². The van der Waals surface area contributed by atoms with Gasteiger partial charge in [-0.05, 0) is 18.2 Å². The van der Waals surface area contributed by atoms with Crippen molar-refractivity contribution in [1.29, 1.82) is 0 Å². The number of nitrogens with one attached hydrogen (secondary N) is 1. The highest BCUT2D eigenvalue weighted by Crippen LogP contribution is 2.25. The highest BCUT2D eigenvalue weighted by atomic mass is 19.1. The van der Waals surface area contributed by atoms with Gasteiger partial charge in [-0.1, -0.05) is 0 Å². The maximum Gasteiger partial charge on any atom is 0.414 e. The number of hydrogen-bond donors (Lipinski definition) is 1. The van der Waals surface area contributed by atoms with Crippen molar-refractivity contribution >= 4 is 17.7 Å². The smallest absolute Gasteiger partial charge is 0.414 e. The number of ether oxygens (including phenoxy) is 1. The van der Waals surface area contributed by atoms with Gasteiger partial charge in [0.25, 0.3) is 0 Å². The molecule has 0 spiro atoms. The van der Waals surface area contributed by atoms with Crippen LogP contribution in [-0.2, 0) is 9.53 Å². The molecule has 1 aromatic heterocycles. The summed E-state index contributed by atoms with van der Waals surface area (Å²) in [7, 11) is 0. The predicted molar refractivity (Wildman–Crippen MR) is 88.3 cm³/mol. The Kier molecular flexibility index (Phi) is 4.51. The predicted octanol–water partition coefficient (Wildman–Crippen LogP) is 1.44. The topological polar surface area (TPSA) is 80.6 Å². The summed E-state index contributed by atoms with van der Waals surface area (Å²) in [4.78, 5) is 35.3. The summed E-state index contributed by atoms with van der Waals surface area (Å²) in [5.74, 6) is -0.759. The summed E-state index contributed by atoms with van der Waals surface area (Å²) < 4.78 is 21.1. The first kappa shape index (κ1) is 16.7. The van der Waals surface area contributed by atoms with Gasteiger partial charge in [-0.25, -0.2) is 9.18 Å². The number of cyclic esters (lactones) is 1. The minimum atomic E-state index is -0.592. The summed E-state index contributed by atoms with van der Waals surface area (Å²) in [6, 6.07) is 7.01. The van der Waals surface area contributed by atoms with Crippen LogP contribution in [0, 0.1) is 5.82 Å². The Bertz CT molecular complexity index is 860.